The van der Waals surface area contributed by atoms with E-state index in [1.165, 1.54) is 24.3 Å². The smallest absolute Gasteiger partial charge is 0.123 e. The molecule has 136 valence electrons. The zero-order valence-corrected chi connectivity index (χ0v) is 15.1. The third-order valence-electron chi connectivity index (χ3n) is 4.60. The summed E-state index contributed by atoms with van der Waals surface area (Å²) in [5, 5.41) is 0. The highest BCUT2D eigenvalue weighted by Gasteiger charge is 2.16. The summed E-state index contributed by atoms with van der Waals surface area (Å²) in [6, 6.07) is 32.7. The van der Waals surface area contributed by atoms with Crippen LogP contribution >= 0.6 is 0 Å². The van der Waals surface area contributed by atoms with Gasteiger partial charge in [0.1, 0.15) is 11.6 Å². The topological polar surface area (TPSA) is 0 Å². The van der Waals surface area contributed by atoms with Gasteiger partial charge in [-0.15, -0.1) is 0 Å². The van der Waals surface area contributed by atoms with Crippen LogP contribution in [0.15, 0.2) is 109 Å². The standard InChI is InChI=1S/C26H18F2/c27-23-15-7-13-21(17-23)26(22-14-8-16-24(28)18-22)25(19-9-3-1-4-10-19)20-11-5-2-6-12-20/h1-18H. The Hall–Kier alpha value is -3.52. The zero-order chi connectivity index (χ0) is 19.3. The maximum atomic E-state index is 14.1. The number of hydrogen-bond acceptors (Lipinski definition) is 0. The first kappa shape index (κ1) is 17.9. The highest BCUT2D eigenvalue weighted by Crippen LogP contribution is 2.37. The molecule has 0 N–H and O–H groups in total. The molecule has 0 nitrogen and oxygen atoms in total. The fourth-order valence-corrected chi connectivity index (χ4v) is 3.41. The normalized spacial score (nSPS) is 10.5. The van der Waals surface area contributed by atoms with Gasteiger partial charge in [-0.2, -0.15) is 0 Å². The van der Waals surface area contributed by atoms with Crippen molar-refractivity contribution in [2.75, 3.05) is 0 Å². The molecule has 0 amide bonds. The fraction of sp³-hybridized carbons (Fsp3) is 0. The van der Waals surface area contributed by atoms with E-state index in [1.54, 1.807) is 12.1 Å². The number of benzene rings is 4. The fourth-order valence-electron chi connectivity index (χ4n) is 3.41. The molecule has 2 heteroatoms. The van der Waals surface area contributed by atoms with Gasteiger partial charge in [-0.1, -0.05) is 84.9 Å². The van der Waals surface area contributed by atoms with Crippen LogP contribution in [0.4, 0.5) is 8.78 Å². The molecule has 0 aromatic heterocycles. The summed E-state index contributed by atoms with van der Waals surface area (Å²) in [6.07, 6.45) is 0. The molecule has 0 heterocycles. The Labute approximate surface area is 163 Å². The van der Waals surface area contributed by atoms with Gasteiger partial charge in [-0.05, 0) is 57.7 Å². The van der Waals surface area contributed by atoms with E-state index >= 15 is 0 Å². The Balaban J connectivity index is 2.12. The summed E-state index contributed by atoms with van der Waals surface area (Å²) >= 11 is 0. The highest BCUT2D eigenvalue weighted by molar-refractivity contribution is 6.04. The third-order valence-corrected chi connectivity index (χ3v) is 4.60. The van der Waals surface area contributed by atoms with E-state index in [4.69, 9.17) is 0 Å². The molecule has 0 atom stereocenters. The van der Waals surface area contributed by atoms with Crippen LogP contribution in [0.5, 0.6) is 0 Å². The molecular weight excluding hydrogens is 350 g/mol. The second-order valence-electron chi connectivity index (χ2n) is 6.50. The first-order valence-electron chi connectivity index (χ1n) is 9.09. The lowest BCUT2D eigenvalue weighted by Gasteiger charge is -2.18. The number of halogens is 2. The van der Waals surface area contributed by atoms with Crippen molar-refractivity contribution in [1.82, 2.24) is 0 Å². The quantitative estimate of drug-likeness (QED) is 0.341. The Morgan fingerprint density at radius 2 is 0.750 bits per heavy atom. The van der Waals surface area contributed by atoms with Gasteiger partial charge in [0, 0.05) is 0 Å². The average molecular weight is 368 g/mol. The molecule has 0 fully saturated rings. The van der Waals surface area contributed by atoms with Crippen LogP contribution in [-0.2, 0) is 0 Å². The van der Waals surface area contributed by atoms with E-state index in [9.17, 15) is 8.78 Å². The molecule has 0 radical (unpaired) electrons. The van der Waals surface area contributed by atoms with E-state index in [2.05, 4.69) is 0 Å². The van der Waals surface area contributed by atoms with Gasteiger partial charge in [-0.25, -0.2) is 8.78 Å². The zero-order valence-electron chi connectivity index (χ0n) is 15.1. The van der Waals surface area contributed by atoms with Gasteiger partial charge in [0.25, 0.3) is 0 Å². The van der Waals surface area contributed by atoms with Gasteiger partial charge < -0.3 is 0 Å². The van der Waals surface area contributed by atoms with E-state index in [0.29, 0.717) is 11.1 Å². The first-order valence-corrected chi connectivity index (χ1v) is 9.09. The van der Waals surface area contributed by atoms with Crippen LogP contribution in [0.3, 0.4) is 0 Å². The second-order valence-corrected chi connectivity index (χ2v) is 6.50. The van der Waals surface area contributed by atoms with E-state index in [-0.39, 0.29) is 11.6 Å². The van der Waals surface area contributed by atoms with Crippen molar-refractivity contribution in [1.29, 1.82) is 0 Å². The van der Waals surface area contributed by atoms with E-state index in [0.717, 1.165) is 22.3 Å². The third kappa shape index (κ3) is 3.77. The summed E-state index contributed by atoms with van der Waals surface area (Å²) in [4.78, 5) is 0. The number of hydrogen-bond donors (Lipinski definition) is 0. The van der Waals surface area contributed by atoms with Crippen LogP contribution in [0, 0.1) is 11.6 Å². The van der Waals surface area contributed by atoms with Crippen LogP contribution in [0.25, 0.3) is 11.1 Å². The summed E-state index contributed by atoms with van der Waals surface area (Å²) in [7, 11) is 0. The molecule has 0 unspecified atom stereocenters. The Morgan fingerprint density at radius 3 is 1.14 bits per heavy atom. The Kier molecular flexibility index (Phi) is 5.11. The van der Waals surface area contributed by atoms with Crippen molar-refractivity contribution in [2.45, 2.75) is 0 Å². The molecule has 0 bridgehead atoms. The Bertz CT molecular complexity index is 1020. The first-order chi connectivity index (χ1) is 13.7. The summed E-state index contributed by atoms with van der Waals surface area (Å²) in [5.41, 5.74) is 5.09. The SMILES string of the molecule is Fc1cccc(C(=C(c2ccccc2)c2ccccc2)c2cccc(F)c2)c1. The largest absolute Gasteiger partial charge is 0.207 e. The van der Waals surface area contributed by atoms with Crippen molar-refractivity contribution in [3.05, 3.63) is 143 Å². The van der Waals surface area contributed by atoms with Crippen molar-refractivity contribution in [3.63, 3.8) is 0 Å². The predicted octanol–water partition coefficient (Wildman–Crippen LogP) is 6.97. The lowest BCUT2D eigenvalue weighted by atomic mass is 9.86. The van der Waals surface area contributed by atoms with E-state index < -0.39 is 0 Å². The van der Waals surface area contributed by atoms with Gasteiger partial charge in [0.2, 0.25) is 0 Å². The maximum absolute atomic E-state index is 14.1. The molecule has 0 saturated heterocycles. The summed E-state index contributed by atoms with van der Waals surface area (Å²) < 4.78 is 28.2. The molecule has 28 heavy (non-hydrogen) atoms. The number of rotatable bonds is 4. The maximum Gasteiger partial charge on any atom is 0.123 e. The predicted molar refractivity (Wildman–Crippen MR) is 111 cm³/mol. The molecule has 0 aliphatic carbocycles. The molecule has 4 aromatic rings. The van der Waals surface area contributed by atoms with Crippen molar-refractivity contribution in [3.8, 4) is 0 Å². The molecule has 4 aromatic carbocycles. The van der Waals surface area contributed by atoms with Gasteiger partial charge >= 0.3 is 0 Å². The lowest BCUT2D eigenvalue weighted by Crippen LogP contribution is -1.98. The average Bonchev–Trinajstić information content (AvgIpc) is 2.73. The van der Waals surface area contributed by atoms with Gasteiger partial charge in [-0.3, -0.25) is 0 Å². The summed E-state index contributed by atoms with van der Waals surface area (Å²) in [6.45, 7) is 0. The van der Waals surface area contributed by atoms with Crippen LogP contribution in [0.1, 0.15) is 22.3 Å². The molecule has 4 rings (SSSR count). The summed E-state index contributed by atoms with van der Waals surface area (Å²) in [5.74, 6) is -0.654. The molecular formula is C26H18F2. The van der Waals surface area contributed by atoms with Gasteiger partial charge in [0.15, 0.2) is 0 Å². The van der Waals surface area contributed by atoms with E-state index in [1.807, 2.05) is 72.8 Å². The lowest BCUT2D eigenvalue weighted by molar-refractivity contribution is 0.627. The Morgan fingerprint density at radius 1 is 0.393 bits per heavy atom. The van der Waals surface area contributed by atoms with Crippen molar-refractivity contribution in [2.24, 2.45) is 0 Å². The van der Waals surface area contributed by atoms with Crippen molar-refractivity contribution < 1.29 is 8.78 Å². The minimum Gasteiger partial charge on any atom is -0.207 e. The minimum atomic E-state index is -0.327. The molecule has 0 aliphatic rings. The van der Waals surface area contributed by atoms with Crippen LogP contribution in [-0.4, -0.2) is 0 Å². The monoisotopic (exact) mass is 368 g/mol. The van der Waals surface area contributed by atoms with Crippen molar-refractivity contribution >= 4 is 11.1 Å². The second kappa shape index (κ2) is 8.01. The molecule has 0 saturated carbocycles. The van der Waals surface area contributed by atoms with Gasteiger partial charge in [0.05, 0.1) is 0 Å². The highest BCUT2D eigenvalue weighted by atomic mass is 19.1. The van der Waals surface area contributed by atoms with Crippen LogP contribution in [0.2, 0.25) is 0 Å². The molecule has 0 aliphatic heterocycles. The minimum absolute atomic E-state index is 0.327. The molecule has 0 spiro atoms. The van der Waals surface area contributed by atoms with Crippen LogP contribution < -0.4 is 0 Å².